The first kappa shape index (κ1) is 18.9. The zero-order chi connectivity index (χ0) is 15.8. The molecule has 1 aliphatic rings. The maximum atomic E-state index is 3.74. The molecule has 1 aliphatic carbocycles. The second-order valence-electron chi connectivity index (χ2n) is 7.80. The average molecular weight is 298 g/mol. The summed E-state index contributed by atoms with van der Waals surface area (Å²) in [6, 6.07) is 0.736. The summed E-state index contributed by atoms with van der Waals surface area (Å²) in [5, 5.41) is 3.74. The lowest BCUT2D eigenvalue weighted by Crippen LogP contribution is -2.47. The fourth-order valence-electron chi connectivity index (χ4n) is 3.68. The lowest BCUT2D eigenvalue weighted by molar-refractivity contribution is 0.130. The molecule has 0 aliphatic heterocycles. The van der Waals surface area contributed by atoms with Crippen LogP contribution in [0.15, 0.2) is 0 Å². The van der Waals surface area contributed by atoms with Crippen molar-refractivity contribution in [1.82, 2.24) is 15.1 Å². The summed E-state index contributed by atoms with van der Waals surface area (Å²) in [6.45, 7) is 15.3. The molecule has 1 fully saturated rings. The highest BCUT2D eigenvalue weighted by molar-refractivity contribution is 4.85. The van der Waals surface area contributed by atoms with Crippen LogP contribution in [0.25, 0.3) is 0 Å². The molecule has 3 unspecified atom stereocenters. The number of likely N-dealkylation sites (N-methyl/N-ethyl adjacent to an activating group) is 1. The highest BCUT2D eigenvalue weighted by Gasteiger charge is 2.29. The van der Waals surface area contributed by atoms with Gasteiger partial charge in [-0.1, -0.05) is 27.7 Å². The molecule has 1 N–H and O–H groups in total. The predicted octanol–water partition coefficient (Wildman–Crippen LogP) is 2.92. The molecule has 0 saturated heterocycles. The molecule has 3 heteroatoms. The van der Waals surface area contributed by atoms with Crippen molar-refractivity contribution < 1.29 is 0 Å². The van der Waals surface area contributed by atoms with Gasteiger partial charge in [0.2, 0.25) is 0 Å². The molecule has 0 heterocycles. The van der Waals surface area contributed by atoms with E-state index in [0.29, 0.717) is 0 Å². The van der Waals surface area contributed by atoms with Crippen LogP contribution in [0.2, 0.25) is 0 Å². The van der Waals surface area contributed by atoms with Crippen molar-refractivity contribution in [2.24, 2.45) is 17.8 Å². The highest BCUT2D eigenvalue weighted by atomic mass is 15.2. The maximum Gasteiger partial charge on any atom is 0.0109 e. The van der Waals surface area contributed by atoms with Gasteiger partial charge in [0.05, 0.1) is 0 Å². The molecular weight excluding hydrogens is 258 g/mol. The molecule has 126 valence electrons. The van der Waals surface area contributed by atoms with Gasteiger partial charge in [-0.15, -0.1) is 0 Å². The Kier molecular flexibility index (Phi) is 8.84. The van der Waals surface area contributed by atoms with Crippen molar-refractivity contribution in [2.75, 3.05) is 46.8 Å². The van der Waals surface area contributed by atoms with E-state index in [0.717, 1.165) is 30.3 Å². The van der Waals surface area contributed by atoms with E-state index in [2.05, 4.69) is 56.9 Å². The Hall–Kier alpha value is -0.120. The van der Waals surface area contributed by atoms with Gasteiger partial charge in [0, 0.05) is 32.2 Å². The Balaban J connectivity index is 2.58. The first-order valence-electron chi connectivity index (χ1n) is 9.02. The summed E-state index contributed by atoms with van der Waals surface area (Å²) < 4.78 is 0. The van der Waals surface area contributed by atoms with Crippen molar-refractivity contribution in [1.29, 1.82) is 0 Å². The summed E-state index contributed by atoms with van der Waals surface area (Å²) in [7, 11) is 4.36. The van der Waals surface area contributed by atoms with Crippen LogP contribution in [0.5, 0.6) is 0 Å². The van der Waals surface area contributed by atoms with Crippen LogP contribution in [-0.4, -0.2) is 62.7 Å². The smallest absolute Gasteiger partial charge is 0.0109 e. The molecule has 1 saturated carbocycles. The Morgan fingerprint density at radius 1 is 1.14 bits per heavy atom. The lowest BCUT2D eigenvalue weighted by Gasteiger charge is -2.39. The SMILES string of the molecule is CCNC1CCC(C)CC1CN(CCN(C)C)CC(C)C. The van der Waals surface area contributed by atoms with Gasteiger partial charge in [0.15, 0.2) is 0 Å². The van der Waals surface area contributed by atoms with E-state index in [1.54, 1.807) is 0 Å². The zero-order valence-corrected chi connectivity index (χ0v) is 15.4. The molecule has 0 aromatic carbocycles. The van der Waals surface area contributed by atoms with E-state index in [9.17, 15) is 0 Å². The molecular formula is C18H39N3. The quantitative estimate of drug-likeness (QED) is 0.706. The largest absolute Gasteiger partial charge is 0.314 e. The van der Waals surface area contributed by atoms with Crippen LogP contribution in [0.4, 0.5) is 0 Å². The third-order valence-corrected chi connectivity index (χ3v) is 4.69. The van der Waals surface area contributed by atoms with Crippen LogP contribution in [-0.2, 0) is 0 Å². The summed E-state index contributed by atoms with van der Waals surface area (Å²) in [5.74, 6) is 2.49. The molecule has 3 nitrogen and oxygen atoms in total. The lowest BCUT2D eigenvalue weighted by atomic mass is 9.78. The second kappa shape index (κ2) is 9.81. The topological polar surface area (TPSA) is 18.5 Å². The van der Waals surface area contributed by atoms with Crippen LogP contribution < -0.4 is 5.32 Å². The predicted molar refractivity (Wildman–Crippen MR) is 93.8 cm³/mol. The van der Waals surface area contributed by atoms with Crippen LogP contribution in [0.1, 0.15) is 47.0 Å². The fraction of sp³-hybridized carbons (Fsp3) is 1.00. The van der Waals surface area contributed by atoms with Gasteiger partial charge >= 0.3 is 0 Å². The summed E-state index contributed by atoms with van der Waals surface area (Å²) in [6.07, 6.45) is 4.16. The van der Waals surface area contributed by atoms with Gasteiger partial charge in [-0.2, -0.15) is 0 Å². The van der Waals surface area contributed by atoms with Crippen molar-refractivity contribution in [3.05, 3.63) is 0 Å². The first-order chi connectivity index (χ1) is 9.92. The number of hydrogen-bond donors (Lipinski definition) is 1. The van der Waals surface area contributed by atoms with Crippen molar-refractivity contribution in [2.45, 2.75) is 53.0 Å². The summed E-state index contributed by atoms with van der Waals surface area (Å²) >= 11 is 0. The minimum absolute atomic E-state index is 0.736. The van der Waals surface area contributed by atoms with E-state index in [1.165, 1.54) is 45.4 Å². The van der Waals surface area contributed by atoms with Gasteiger partial charge in [-0.25, -0.2) is 0 Å². The van der Waals surface area contributed by atoms with Crippen molar-refractivity contribution >= 4 is 0 Å². The van der Waals surface area contributed by atoms with Crippen molar-refractivity contribution in [3.63, 3.8) is 0 Å². The van der Waals surface area contributed by atoms with Crippen LogP contribution >= 0.6 is 0 Å². The van der Waals surface area contributed by atoms with Crippen molar-refractivity contribution in [3.8, 4) is 0 Å². The first-order valence-corrected chi connectivity index (χ1v) is 9.02. The van der Waals surface area contributed by atoms with Gasteiger partial charge in [-0.3, -0.25) is 0 Å². The molecule has 0 aromatic rings. The Bertz CT molecular complexity index is 265. The van der Waals surface area contributed by atoms with E-state index >= 15 is 0 Å². The molecule has 0 spiro atoms. The number of hydrogen-bond acceptors (Lipinski definition) is 3. The van der Waals surface area contributed by atoms with Crippen LogP contribution in [0, 0.1) is 17.8 Å². The molecule has 0 bridgehead atoms. The number of rotatable bonds is 9. The standard InChI is InChI=1S/C18H39N3/c1-7-19-18-9-8-16(4)12-17(18)14-21(13-15(2)3)11-10-20(5)6/h15-19H,7-14H2,1-6H3. The maximum absolute atomic E-state index is 3.74. The van der Waals surface area contributed by atoms with E-state index in [1.807, 2.05) is 0 Å². The van der Waals surface area contributed by atoms with Gasteiger partial charge in [0.25, 0.3) is 0 Å². The second-order valence-corrected chi connectivity index (χ2v) is 7.80. The minimum atomic E-state index is 0.736. The Morgan fingerprint density at radius 2 is 1.86 bits per heavy atom. The fourth-order valence-corrected chi connectivity index (χ4v) is 3.68. The Labute approximate surface area is 133 Å². The van der Waals surface area contributed by atoms with Gasteiger partial charge in [-0.05, 0) is 57.7 Å². The monoisotopic (exact) mass is 297 g/mol. The number of nitrogens with zero attached hydrogens (tertiary/aromatic N) is 2. The number of nitrogens with one attached hydrogen (secondary N) is 1. The highest BCUT2D eigenvalue weighted by Crippen LogP contribution is 2.30. The average Bonchev–Trinajstić information content (AvgIpc) is 2.38. The third-order valence-electron chi connectivity index (χ3n) is 4.69. The van der Waals surface area contributed by atoms with E-state index in [4.69, 9.17) is 0 Å². The van der Waals surface area contributed by atoms with Gasteiger partial charge in [0.1, 0.15) is 0 Å². The summed E-state index contributed by atoms with van der Waals surface area (Å²) in [4.78, 5) is 5.01. The van der Waals surface area contributed by atoms with E-state index < -0.39 is 0 Å². The minimum Gasteiger partial charge on any atom is -0.314 e. The van der Waals surface area contributed by atoms with Gasteiger partial charge < -0.3 is 15.1 Å². The summed E-state index contributed by atoms with van der Waals surface area (Å²) in [5.41, 5.74) is 0. The molecule has 0 amide bonds. The normalized spacial score (nSPS) is 27.0. The molecule has 0 radical (unpaired) electrons. The third kappa shape index (κ3) is 7.62. The molecule has 0 aromatic heterocycles. The Morgan fingerprint density at radius 3 is 2.43 bits per heavy atom. The van der Waals surface area contributed by atoms with Crippen LogP contribution in [0.3, 0.4) is 0 Å². The molecule has 1 rings (SSSR count). The molecule has 3 atom stereocenters. The zero-order valence-electron chi connectivity index (χ0n) is 15.4. The van der Waals surface area contributed by atoms with E-state index in [-0.39, 0.29) is 0 Å². The molecule has 21 heavy (non-hydrogen) atoms.